The highest BCUT2D eigenvalue weighted by atomic mass is 19.4. The number of hydrogen-bond donors (Lipinski definition) is 3. The SMILES string of the molecule is CCn1nccc1C(=O)N[C@H](c1nc2ccc(C(COC)C3CN[C@H](C(F)(F)F)C3)cc2[nH]1)C(C1CC1)C1CC1. The molecule has 0 spiro atoms. The molecule has 3 aromatic rings. The smallest absolute Gasteiger partial charge is 0.384 e. The molecular formula is C29H37F3N6O2. The fourth-order valence-electron chi connectivity index (χ4n) is 6.66. The molecule has 1 amide bonds. The molecule has 1 aromatic carbocycles. The van der Waals surface area contributed by atoms with Crippen LogP contribution in [0.1, 0.15) is 72.9 Å². The van der Waals surface area contributed by atoms with Gasteiger partial charge in [-0.05, 0) is 93.0 Å². The molecule has 1 saturated heterocycles. The summed E-state index contributed by atoms with van der Waals surface area (Å²) in [5.41, 5.74) is 3.04. The standard InChI is InChI=1S/C29H37F3N6O2/c1-3-38-23(10-11-34-38)28(39)37-26(25(16-4-5-16)17-6-7-17)27-35-21-9-8-18(12-22(21)36-27)20(15-40-2)19-13-24(33-14-19)29(30,31)32/h8-12,16-17,19-20,24-26,33H,3-7,13-15H2,1-2H3,(H,35,36)(H,37,39)/t19?,20?,24-,26-/m0/s1. The van der Waals surface area contributed by atoms with Crippen molar-refractivity contribution < 1.29 is 22.7 Å². The molecule has 0 bridgehead atoms. The number of alkyl halides is 3. The van der Waals surface area contributed by atoms with E-state index in [1.165, 1.54) is 0 Å². The van der Waals surface area contributed by atoms with Crippen molar-refractivity contribution in [2.75, 3.05) is 20.3 Å². The maximum absolute atomic E-state index is 13.4. The zero-order valence-electron chi connectivity index (χ0n) is 22.9. The van der Waals surface area contributed by atoms with E-state index in [2.05, 4.69) is 20.7 Å². The van der Waals surface area contributed by atoms with Gasteiger partial charge >= 0.3 is 6.18 Å². The van der Waals surface area contributed by atoms with Gasteiger partial charge in [-0.25, -0.2) is 4.98 Å². The molecule has 3 heterocycles. The number of halogens is 3. The summed E-state index contributed by atoms with van der Waals surface area (Å²) in [4.78, 5) is 21.9. The summed E-state index contributed by atoms with van der Waals surface area (Å²) in [5, 5.41) is 10.2. The Kier molecular flexibility index (Phi) is 7.37. The third kappa shape index (κ3) is 5.50. The first-order valence-corrected chi connectivity index (χ1v) is 14.4. The molecule has 3 aliphatic rings. The second kappa shape index (κ2) is 10.8. The van der Waals surface area contributed by atoms with Crippen LogP contribution in [0.3, 0.4) is 0 Å². The van der Waals surface area contributed by atoms with E-state index >= 15 is 0 Å². The van der Waals surface area contributed by atoms with Gasteiger partial charge in [0.2, 0.25) is 0 Å². The summed E-state index contributed by atoms with van der Waals surface area (Å²) in [7, 11) is 1.58. The number of amides is 1. The van der Waals surface area contributed by atoms with Crippen molar-refractivity contribution in [1.82, 2.24) is 30.4 Å². The van der Waals surface area contributed by atoms with Gasteiger partial charge in [-0.2, -0.15) is 18.3 Å². The van der Waals surface area contributed by atoms with Crippen molar-refractivity contribution in [3.63, 3.8) is 0 Å². The van der Waals surface area contributed by atoms with Crippen LogP contribution < -0.4 is 10.6 Å². The summed E-state index contributed by atoms with van der Waals surface area (Å²) in [6, 6.07) is 5.85. The second-order valence-electron chi connectivity index (χ2n) is 11.7. The Hall–Kier alpha value is -2.92. The first-order chi connectivity index (χ1) is 19.3. The fraction of sp³-hybridized carbons (Fsp3) is 0.621. The molecule has 2 unspecified atom stereocenters. The Bertz CT molecular complexity index is 1330. The van der Waals surface area contributed by atoms with Crippen molar-refractivity contribution in [2.45, 2.75) is 69.8 Å². The van der Waals surface area contributed by atoms with Crippen LogP contribution in [-0.4, -0.2) is 58.1 Å². The van der Waals surface area contributed by atoms with Crippen molar-refractivity contribution in [3.05, 3.63) is 47.5 Å². The zero-order chi connectivity index (χ0) is 28.0. The largest absolute Gasteiger partial charge is 0.403 e. The number of imidazole rings is 1. The Morgan fingerprint density at radius 3 is 2.55 bits per heavy atom. The van der Waals surface area contributed by atoms with Gasteiger partial charge in [-0.3, -0.25) is 9.48 Å². The van der Waals surface area contributed by atoms with E-state index in [-0.39, 0.29) is 36.8 Å². The van der Waals surface area contributed by atoms with Gasteiger partial charge in [0, 0.05) is 25.8 Å². The molecule has 8 nitrogen and oxygen atoms in total. The van der Waals surface area contributed by atoms with E-state index in [4.69, 9.17) is 9.72 Å². The number of aromatic nitrogens is 4. The first-order valence-electron chi connectivity index (χ1n) is 14.4. The van der Waals surface area contributed by atoms with E-state index in [9.17, 15) is 18.0 Å². The monoisotopic (exact) mass is 558 g/mol. The summed E-state index contributed by atoms with van der Waals surface area (Å²) in [6.07, 6.45) is 2.06. The minimum Gasteiger partial charge on any atom is -0.384 e. The molecule has 0 radical (unpaired) electrons. The van der Waals surface area contributed by atoms with Crippen LogP contribution in [0, 0.1) is 23.7 Å². The van der Waals surface area contributed by atoms with E-state index in [1.54, 1.807) is 24.1 Å². The molecule has 40 heavy (non-hydrogen) atoms. The Labute approximate surface area is 231 Å². The summed E-state index contributed by atoms with van der Waals surface area (Å²) in [6.45, 7) is 3.18. The van der Waals surface area contributed by atoms with Crippen molar-refractivity contribution >= 4 is 16.9 Å². The molecular weight excluding hydrogens is 521 g/mol. The number of fused-ring (bicyclic) bond motifs is 1. The van der Waals surface area contributed by atoms with Crippen LogP contribution in [0.15, 0.2) is 30.5 Å². The molecule has 6 rings (SSSR count). The van der Waals surface area contributed by atoms with Gasteiger partial charge in [-0.15, -0.1) is 0 Å². The molecule has 2 aliphatic carbocycles. The summed E-state index contributed by atoms with van der Waals surface area (Å²) >= 11 is 0. The van der Waals surface area contributed by atoms with Gasteiger partial charge in [0.15, 0.2) is 0 Å². The number of nitrogens with one attached hydrogen (secondary N) is 3. The Balaban J connectivity index is 1.30. The molecule has 11 heteroatoms. The number of H-pyrrole nitrogens is 1. The van der Waals surface area contributed by atoms with Crippen LogP contribution in [0.2, 0.25) is 0 Å². The average Bonchev–Trinajstić information content (AvgIpc) is 3.78. The normalized spacial score (nSPS) is 23.1. The molecule has 3 fully saturated rings. The van der Waals surface area contributed by atoms with Crippen molar-refractivity contribution in [2.24, 2.45) is 23.7 Å². The lowest BCUT2D eigenvalue weighted by molar-refractivity contribution is -0.152. The fourth-order valence-corrected chi connectivity index (χ4v) is 6.66. The third-order valence-corrected chi connectivity index (χ3v) is 8.98. The van der Waals surface area contributed by atoms with E-state index in [0.29, 0.717) is 36.6 Å². The van der Waals surface area contributed by atoms with Gasteiger partial charge in [0.25, 0.3) is 5.91 Å². The number of carbonyl (C=O) groups excluding carboxylic acids is 1. The quantitative estimate of drug-likeness (QED) is 0.309. The number of nitrogens with zero attached hydrogens (tertiary/aromatic N) is 3. The maximum Gasteiger partial charge on any atom is 0.403 e. The lowest BCUT2D eigenvalue weighted by atomic mass is 9.84. The first kappa shape index (κ1) is 27.3. The molecule has 2 aromatic heterocycles. The highest BCUT2D eigenvalue weighted by Gasteiger charge is 2.48. The summed E-state index contributed by atoms with van der Waals surface area (Å²) in [5.74, 6) is 1.64. The van der Waals surface area contributed by atoms with Crippen LogP contribution in [0.4, 0.5) is 13.2 Å². The minimum atomic E-state index is -4.26. The number of methoxy groups -OCH3 is 1. The maximum atomic E-state index is 13.4. The van der Waals surface area contributed by atoms with Crippen LogP contribution in [-0.2, 0) is 11.3 Å². The van der Waals surface area contributed by atoms with Crippen LogP contribution >= 0.6 is 0 Å². The highest BCUT2D eigenvalue weighted by Crippen LogP contribution is 2.54. The predicted octanol–water partition coefficient (Wildman–Crippen LogP) is 4.96. The average molecular weight is 559 g/mol. The molecule has 4 atom stereocenters. The van der Waals surface area contributed by atoms with Gasteiger partial charge in [-0.1, -0.05) is 6.07 Å². The Morgan fingerprint density at radius 1 is 1.18 bits per heavy atom. The summed E-state index contributed by atoms with van der Waals surface area (Å²) < 4.78 is 47.2. The lowest BCUT2D eigenvalue weighted by Gasteiger charge is -2.27. The molecule has 1 aliphatic heterocycles. The molecule has 3 N–H and O–H groups in total. The number of ether oxygens (including phenoxy) is 1. The van der Waals surface area contributed by atoms with E-state index in [0.717, 1.165) is 48.1 Å². The van der Waals surface area contributed by atoms with Crippen LogP contribution in [0.5, 0.6) is 0 Å². The van der Waals surface area contributed by atoms with E-state index < -0.39 is 12.2 Å². The number of benzene rings is 1. The number of aryl methyl sites for hydroxylation is 1. The van der Waals surface area contributed by atoms with Gasteiger partial charge < -0.3 is 20.4 Å². The molecule has 2 saturated carbocycles. The highest BCUT2D eigenvalue weighted by molar-refractivity contribution is 5.92. The molecule has 216 valence electrons. The van der Waals surface area contributed by atoms with E-state index in [1.807, 2.05) is 25.1 Å². The number of hydrogen-bond acceptors (Lipinski definition) is 5. The van der Waals surface area contributed by atoms with Crippen molar-refractivity contribution in [1.29, 1.82) is 0 Å². The minimum absolute atomic E-state index is 0.0245. The zero-order valence-corrected chi connectivity index (χ0v) is 22.9. The number of rotatable bonds is 11. The number of aromatic amines is 1. The topological polar surface area (TPSA) is 96.9 Å². The van der Waals surface area contributed by atoms with Crippen LogP contribution in [0.25, 0.3) is 11.0 Å². The Morgan fingerprint density at radius 2 is 1.93 bits per heavy atom. The van der Waals surface area contributed by atoms with Crippen molar-refractivity contribution in [3.8, 4) is 0 Å². The second-order valence-corrected chi connectivity index (χ2v) is 11.7. The number of carbonyl (C=O) groups is 1. The third-order valence-electron chi connectivity index (χ3n) is 8.98. The lowest BCUT2D eigenvalue weighted by Crippen LogP contribution is -2.37. The van der Waals surface area contributed by atoms with Gasteiger partial charge in [0.1, 0.15) is 17.6 Å². The predicted molar refractivity (Wildman–Crippen MR) is 144 cm³/mol. The van der Waals surface area contributed by atoms with Gasteiger partial charge in [0.05, 0.1) is 23.7 Å².